The number of rotatable bonds is 5. The van der Waals surface area contributed by atoms with E-state index in [-0.39, 0.29) is 22.2 Å². The van der Waals surface area contributed by atoms with Gasteiger partial charge in [0.05, 0.1) is 35.8 Å². The number of alkyl halides is 3. The average molecular weight is 432 g/mol. The van der Waals surface area contributed by atoms with Crippen molar-refractivity contribution in [2.75, 3.05) is 18.5 Å². The Balaban J connectivity index is 1.90. The minimum Gasteiger partial charge on any atom is -0.380 e. The van der Waals surface area contributed by atoms with E-state index in [4.69, 9.17) is 27.9 Å². The second-order valence-corrected chi connectivity index (χ2v) is 7.67. The van der Waals surface area contributed by atoms with E-state index in [1.54, 1.807) is 12.1 Å². The Morgan fingerprint density at radius 1 is 1.14 bits per heavy atom. The summed E-state index contributed by atoms with van der Waals surface area (Å²) in [7, 11) is 0. The number of hydrogen-bond donors (Lipinski definition) is 1. The van der Waals surface area contributed by atoms with Crippen molar-refractivity contribution in [3.8, 4) is 0 Å². The van der Waals surface area contributed by atoms with Gasteiger partial charge in [0.15, 0.2) is 0 Å². The third kappa shape index (κ3) is 4.62. The van der Waals surface area contributed by atoms with Crippen molar-refractivity contribution in [1.82, 2.24) is 0 Å². The van der Waals surface area contributed by atoms with Gasteiger partial charge in [0.25, 0.3) is 0 Å². The number of hydrogen-bond acceptors (Lipinski definition) is 2. The van der Waals surface area contributed by atoms with Gasteiger partial charge >= 0.3 is 6.18 Å². The molecule has 1 heterocycles. The van der Waals surface area contributed by atoms with Crippen LogP contribution in [0.1, 0.15) is 29.9 Å². The predicted molar refractivity (Wildman–Crippen MR) is 103 cm³/mol. The molecule has 1 amide bonds. The highest BCUT2D eigenvalue weighted by Crippen LogP contribution is 2.39. The first-order valence-electron chi connectivity index (χ1n) is 8.67. The lowest BCUT2D eigenvalue weighted by molar-refractivity contribution is -0.178. The molecule has 0 radical (unpaired) electrons. The third-order valence-electron chi connectivity index (χ3n) is 4.89. The molecular weight excluding hydrogens is 414 g/mol. The fourth-order valence-electron chi connectivity index (χ4n) is 3.06. The molecule has 2 aromatic rings. The van der Waals surface area contributed by atoms with Crippen molar-refractivity contribution in [3.63, 3.8) is 0 Å². The molecule has 0 saturated carbocycles. The van der Waals surface area contributed by atoms with Crippen LogP contribution in [0.25, 0.3) is 0 Å². The van der Waals surface area contributed by atoms with Gasteiger partial charge in [-0.3, -0.25) is 4.79 Å². The minimum atomic E-state index is -4.55. The number of ether oxygens (including phenoxy) is 1. The first-order chi connectivity index (χ1) is 13.2. The Kier molecular flexibility index (Phi) is 6.22. The van der Waals surface area contributed by atoms with E-state index in [1.807, 2.05) is 6.07 Å². The molecule has 2 aromatic carbocycles. The smallest absolute Gasteiger partial charge is 0.380 e. The van der Waals surface area contributed by atoms with Gasteiger partial charge in [0.2, 0.25) is 5.91 Å². The molecular formula is C20H18Cl2F3NO2. The fourth-order valence-corrected chi connectivity index (χ4v) is 3.35. The molecule has 1 aliphatic heterocycles. The molecule has 3 nitrogen and oxygen atoms in total. The highest BCUT2D eigenvalue weighted by atomic mass is 35.5. The number of carbonyl (C=O) groups is 1. The van der Waals surface area contributed by atoms with Crippen LogP contribution in [0.3, 0.4) is 0 Å². The summed E-state index contributed by atoms with van der Waals surface area (Å²) in [6.07, 6.45) is -4.55. The summed E-state index contributed by atoms with van der Waals surface area (Å²) in [6.45, 7) is 2.11. The maximum atomic E-state index is 13.4. The highest BCUT2D eigenvalue weighted by molar-refractivity contribution is 6.33. The second-order valence-electron chi connectivity index (χ2n) is 6.82. The monoisotopic (exact) mass is 431 g/mol. The van der Waals surface area contributed by atoms with Gasteiger partial charge in [-0.05, 0) is 35.4 Å². The molecule has 3 rings (SSSR count). The molecule has 2 atom stereocenters. The lowest BCUT2D eigenvalue weighted by Crippen LogP contribution is -2.34. The zero-order valence-corrected chi connectivity index (χ0v) is 16.4. The van der Waals surface area contributed by atoms with Crippen LogP contribution in [0.4, 0.5) is 18.9 Å². The van der Waals surface area contributed by atoms with Crippen molar-refractivity contribution in [3.05, 3.63) is 63.6 Å². The van der Waals surface area contributed by atoms with Crippen molar-refractivity contribution in [2.24, 2.45) is 5.92 Å². The Morgan fingerprint density at radius 2 is 1.79 bits per heavy atom. The Morgan fingerprint density at radius 3 is 2.32 bits per heavy atom. The van der Waals surface area contributed by atoms with Crippen LogP contribution < -0.4 is 5.32 Å². The Hall–Kier alpha value is -1.76. The molecule has 1 fully saturated rings. The maximum Gasteiger partial charge on any atom is 0.392 e. The van der Waals surface area contributed by atoms with Gasteiger partial charge in [0.1, 0.15) is 0 Å². The van der Waals surface area contributed by atoms with Crippen LogP contribution in [-0.2, 0) is 9.53 Å². The van der Waals surface area contributed by atoms with Crippen LogP contribution in [0.15, 0.2) is 42.5 Å². The molecule has 1 saturated heterocycles. The molecule has 8 heteroatoms. The van der Waals surface area contributed by atoms with E-state index >= 15 is 0 Å². The van der Waals surface area contributed by atoms with E-state index in [0.717, 1.165) is 12.5 Å². The zero-order valence-electron chi connectivity index (χ0n) is 14.9. The number of carbonyl (C=O) groups excluding carboxylic acids is 1. The van der Waals surface area contributed by atoms with Crippen LogP contribution in [-0.4, -0.2) is 25.3 Å². The zero-order chi connectivity index (χ0) is 20.5. The third-order valence-corrected chi connectivity index (χ3v) is 5.47. The summed E-state index contributed by atoms with van der Waals surface area (Å²) >= 11 is 12.0. The lowest BCUT2D eigenvalue weighted by Gasteiger charge is -2.28. The number of anilines is 1. The number of benzene rings is 2. The summed E-state index contributed by atoms with van der Waals surface area (Å²) in [4.78, 5) is 12.9. The maximum absolute atomic E-state index is 13.4. The summed E-state index contributed by atoms with van der Waals surface area (Å²) in [5, 5.41) is 3.21. The molecule has 150 valence electrons. The molecule has 0 unspecified atom stereocenters. The van der Waals surface area contributed by atoms with E-state index in [0.29, 0.717) is 18.2 Å². The van der Waals surface area contributed by atoms with Gasteiger partial charge in [0, 0.05) is 10.9 Å². The molecule has 1 aliphatic rings. The highest BCUT2D eigenvalue weighted by Gasteiger charge is 2.45. The van der Waals surface area contributed by atoms with Gasteiger partial charge < -0.3 is 10.1 Å². The van der Waals surface area contributed by atoms with Crippen molar-refractivity contribution in [1.29, 1.82) is 0 Å². The summed E-state index contributed by atoms with van der Waals surface area (Å²) < 4.78 is 45.4. The van der Waals surface area contributed by atoms with Crippen LogP contribution in [0.2, 0.25) is 10.0 Å². The van der Waals surface area contributed by atoms with Crippen LogP contribution in [0.5, 0.6) is 0 Å². The molecule has 1 N–H and O–H groups in total. The molecule has 0 bridgehead atoms. The SMILES string of the molecule is C[C@H]([C@H](C(=O)Nc1cc(C2COC2)ccc1Cl)c1ccc(Cl)cc1)C(F)(F)F. The first kappa shape index (κ1) is 21.0. The quantitative estimate of drug-likeness (QED) is 0.627. The molecule has 0 aliphatic carbocycles. The standard InChI is InChI=1S/C20H18Cl2F3NO2/c1-11(20(23,24)25)18(12-2-5-15(21)6-3-12)19(27)26-17-8-13(4-7-16(17)22)14-9-28-10-14/h2-8,11,14,18H,9-10H2,1H3,(H,26,27)/t11-,18+/m1/s1. The van der Waals surface area contributed by atoms with Gasteiger partial charge in [-0.2, -0.15) is 13.2 Å². The largest absolute Gasteiger partial charge is 0.392 e. The van der Waals surface area contributed by atoms with Crippen LogP contribution >= 0.6 is 23.2 Å². The summed E-state index contributed by atoms with van der Waals surface area (Å²) in [6, 6.07) is 10.9. The summed E-state index contributed by atoms with van der Waals surface area (Å²) in [5.41, 5.74) is 1.42. The van der Waals surface area contributed by atoms with Gasteiger partial charge in [-0.15, -0.1) is 0 Å². The van der Waals surface area contributed by atoms with Crippen molar-refractivity contribution >= 4 is 34.8 Å². The number of halogens is 5. The Labute approximate surface area is 170 Å². The predicted octanol–water partition coefficient (Wildman–Crippen LogP) is 6.03. The van der Waals surface area contributed by atoms with E-state index in [9.17, 15) is 18.0 Å². The molecule has 0 aromatic heterocycles. The summed E-state index contributed by atoms with van der Waals surface area (Å²) in [5.74, 6) is -3.93. The van der Waals surface area contributed by atoms with Gasteiger partial charge in [-0.25, -0.2) is 0 Å². The normalized spacial score (nSPS) is 16.9. The minimum absolute atomic E-state index is 0.189. The fraction of sp³-hybridized carbons (Fsp3) is 0.350. The lowest BCUT2D eigenvalue weighted by atomic mass is 9.85. The second kappa shape index (κ2) is 8.31. The topological polar surface area (TPSA) is 38.3 Å². The number of nitrogens with one attached hydrogen (secondary N) is 1. The molecule has 28 heavy (non-hydrogen) atoms. The van der Waals surface area contributed by atoms with Gasteiger partial charge in [-0.1, -0.05) is 48.3 Å². The van der Waals surface area contributed by atoms with E-state index < -0.39 is 23.9 Å². The van der Waals surface area contributed by atoms with Crippen LogP contribution in [0, 0.1) is 5.92 Å². The first-order valence-corrected chi connectivity index (χ1v) is 9.42. The van der Waals surface area contributed by atoms with E-state index in [1.165, 1.54) is 24.3 Å². The van der Waals surface area contributed by atoms with Crippen molar-refractivity contribution < 1.29 is 22.7 Å². The average Bonchev–Trinajstić information content (AvgIpc) is 2.57. The number of amides is 1. The van der Waals surface area contributed by atoms with E-state index in [2.05, 4.69) is 5.32 Å². The molecule has 0 spiro atoms. The Bertz CT molecular complexity index is 852. The van der Waals surface area contributed by atoms with Crippen molar-refractivity contribution in [2.45, 2.75) is 24.9 Å².